The van der Waals surface area contributed by atoms with E-state index in [2.05, 4.69) is 11.2 Å². The minimum Gasteiger partial charge on any atom is -0.345 e. The molecular weight excluding hydrogens is 128 g/mol. The number of rotatable bonds is 3. The Morgan fingerprint density at radius 1 is 1.80 bits per heavy atom. The Morgan fingerprint density at radius 3 is 2.80 bits per heavy atom. The number of carbonyl (C=O) groups is 1. The van der Waals surface area contributed by atoms with Crippen LogP contribution in [0.3, 0.4) is 0 Å². The number of amides is 1. The van der Waals surface area contributed by atoms with E-state index >= 15 is 0 Å². The molecule has 10 heavy (non-hydrogen) atoms. The molecule has 0 unspecified atom stereocenters. The van der Waals surface area contributed by atoms with Crippen molar-refractivity contribution in [1.29, 1.82) is 5.41 Å². The van der Waals surface area contributed by atoms with E-state index in [0.717, 1.165) is 0 Å². The van der Waals surface area contributed by atoms with Crippen molar-refractivity contribution in [3.63, 3.8) is 0 Å². The summed E-state index contributed by atoms with van der Waals surface area (Å²) < 4.78 is 0. The predicted molar refractivity (Wildman–Crippen MR) is 39.9 cm³/mol. The molecule has 0 aromatic heterocycles. The monoisotopic (exact) mass is 138 g/mol. The largest absolute Gasteiger partial charge is 0.345 e. The Kier molecular flexibility index (Phi) is 3.97. The first-order valence-electron chi connectivity index (χ1n) is 2.91. The normalized spacial score (nSPS) is 8.00. The summed E-state index contributed by atoms with van der Waals surface area (Å²) in [6, 6.07) is 0. The van der Waals surface area contributed by atoms with Crippen LogP contribution in [0.15, 0.2) is 0 Å². The van der Waals surface area contributed by atoms with Gasteiger partial charge in [0.2, 0.25) is 5.91 Å². The van der Waals surface area contributed by atoms with Gasteiger partial charge in [-0.05, 0) is 6.92 Å². The van der Waals surface area contributed by atoms with Crippen LogP contribution in [0.25, 0.3) is 0 Å². The Hall–Kier alpha value is -1.30. The van der Waals surface area contributed by atoms with Crippen molar-refractivity contribution in [3.05, 3.63) is 0 Å². The van der Waals surface area contributed by atoms with Crippen molar-refractivity contribution in [3.8, 4) is 12.3 Å². The molecule has 2 N–H and O–H groups in total. The van der Waals surface area contributed by atoms with Crippen LogP contribution in [0.1, 0.15) is 13.3 Å². The smallest absolute Gasteiger partial charge is 0.226 e. The summed E-state index contributed by atoms with van der Waals surface area (Å²) in [4.78, 5) is 10.7. The molecule has 0 saturated heterocycles. The highest BCUT2D eigenvalue weighted by atomic mass is 16.1. The summed E-state index contributed by atoms with van der Waals surface area (Å²) in [5.41, 5.74) is 0.342. The molecule has 3 nitrogen and oxygen atoms in total. The van der Waals surface area contributed by atoms with E-state index in [1.807, 2.05) is 0 Å². The van der Waals surface area contributed by atoms with Crippen LogP contribution in [0, 0.1) is 17.8 Å². The van der Waals surface area contributed by atoms with Gasteiger partial charge in [-0.15, -0.1) is 6.42 Å². The fraction of sp³-hybridized carbons (Fsp3) is 0.429. The van der Waals surface area contributed by atoms with Crippen LogP contribution in [0.4, 0.5) is 0 Å². The first kappa shape index (κ1) is 8.70. The summed E-state index contributed by atoms with van der Waals surface area (Å²) in [6.45, 7) is 1.82. The number of nitrogens with one attached hydrogen (secondary N) is 2. The van der Waals surface area contributed by atoms with Crippen LogP contribution in [-0.2, 0) is 4.79 Å². The Labute approximate surface area is 60.3 Å². The highest BCUT2D eigenvalue weighted by molar-refractivity contribution is 5.98. The number of hydrogen-bond acceptors (Lipinski definition) is 2. The van der Waals surface area contributed by atoms with Gasteiger partial charge in [-0.3, -0.25) is 4.79 Å². The van der Waals surface area contributed by atoms with Gasteiger partial charge in [0.15, 0.2) is 0 Å². The lowest BCUT2D eigenvalue weighted by Crippen LogP contribution is -2.24. The summed E-state index contributed by atoms with van der Waals surface area (Å²) in [5.74, 6) is 2.08. The summed E-state index contributed by atoms with van der Waals surface area (Å²) in [6.07, 6.45) is 5.03. The Balaban J connectivity index is 3.47. The Bertz CT molecular complexity index is 179. The summed E-state index contributed by atoms with van der Waals surface area (Å²) >= 11 is 0. The number of terminal acetylenes is 1. The topological polar surface area (TPSA) is 53.0 Å². The number of carbonyl (C=O) groups excluding carboxylic acids is 1. The van der Waals surface area contributed by atoms with Gasteiger partial charge >= 0.3 is 0 Å². The van der Waals surface area contributed by atoms with Gasteiger partial charge in [-0.1, -0.05) is 5.92 Å². The molecule has 0 atom stereocenters. The third kappa shape index (κ3) is 4.85. The fourth-order valence-electron chi connectivity index (χ4n) is 0.453. The van der Waals surface area contributed by atoms with E-state index in [9.17, 15) is 4.79 Å². The second-order valence-corrected chi connectivity index (χ2v) is 1.94. The van der Waals surface area contributed by atoms with Gasteiger partial charge in [0.25, 0.3) is 0 Å². The first-order valence-corrected chi connectivity index (χ1v) is 2.91. The van der Waals surface area contributed by atoms with Gasteiger partial charge < -0.3 is 10.7 Å². The van der Waals surface area contributed by atoms with Crippen LogP contribution in [0.5, 0.6) is 0 Å². The van der Waals surface area contributed by atoms with E-state index in [0.29, 0.717) is 5.71 Å². The van der Waals surface area contributed by atoms with E-state index < -0.39 is 0 Å². The zero-order valence-corrected chi connectivity index (χ0v) is 5.90. The molecule has 0 spiro atoms. The maximum absolute atomic E-state index is 10.7. The molecule has 0 aliphatic heterocycles. The minimum atomic E-state index is -0.189. The quantitative estimate of drug-likeness (QED) is 0.424. The molecule has 1 amide bonds. The SMILES string of the molecule is C#CCNC(=O)CC(C)=N. The molecule has 0 aromatic rings. The molecule has 0 heterocycles. The van der Waals surface area contributed by atoms with Gasteiger partial charge in [0, 0.05) is 5.71 Å². The molecule has 0 radical (unpaired) electrons. The number of hydrogen-bond donors (Lipinski definition) is 2. The van der Waals surface area contributed by atoms with Crippen molar-refractivity contribution in [2.45, 2.75) is 13.3 Å². The van der Waals surface area contributed by atoms with Gasteiger partial charge in [0.1, 0.15) is 0 Å². The molecular formula is C7H10N2O. The van der Waals surface area contributed by atoms with Gasteiger partial charge in [0.05, 0.1) is 13.0 Å². The molecule has 0 rings (SSSR count). The molecule has 3 heteroatoms. The zero-order chi connectivity index (χ0) is 7.98. The van der Waals surface area contributed by atoms with E-state index in [4.69, 9.17) is 11.8 Å². The van der Waals surface area contributed by atoms with Crippen LogP contribution >= 0.6 is 0 Å². The van der Waals surface area contributed by atoms with E-state index in [-0.39, 0.29) is 18.9 Å². The van der Waals surface area contributed by atoms with Crippen LogP contribution < -0.4 is 5.32 Å². The lowest BCUT2D eigenvalue weighted by molar-refractivity contribution is -0.119. The molecule has 0 aliphatic rings. The molecule has 0 aromatic carbocycles. The average Bonchev–Trinajstić information content (AvgIpc) is 1.82. The van der Waals surface area contributed by atoms with E-state index in [1.54, 1.807) is 6.92 Å². The highest BCUT2D eigenvalue weighted by Crippen LogP contribution is 1.80. The lowest BCUT2D eigenvalue weighted by Gasteiger charge is -1.97. The van der Waals surface area contributed by atoms with Crippen LogP contribution in [-0.4, -0.2) is 18.2 Å². The standard InChI is InChI=1S/C7H10N2O/c1-3-4-9-7(10)5-6(2)8/h1,8H,4-5H2,2H3,(H,9,10). The maximum atomic E-state index is 10.7. The highest BCUT2D eigenvalue weighted by Gasteiger charge is 1.98. The third-order valence-electron chi connectivity index (χ3n) is 0.813. The maximum Gasteiger partial charge on any atom is 0.226 e. The van der Waals surface area contributed by atoms with E-state index in [1.165, 1.54) is 0 Å². The second-order valence-electron chi connectivity index (χ2n) is 1.94. The third-order valence-corrected chi connectivity index (χ3v) is 0.813. The van der Waals surface area contributed by atoms with Crippen molar-refractivity contribution in [1.82, 2.24) is 5.32 Å². The molecule has 54 valence electrons. The van der Waals surface area contributed by atoms with Gasteiger partial charge in [-0.25, -0.2) is 0 Å². The summed E-state index contributed by atoms with van der Waals surface area (Å²) in [5, 5.41) is 9.40. The molecule has 0 saturated carbocycles. The molecule has 0 fully saturated rings. The molecule has 0 aliphatic carbocycles. The van der Waals surface area contributed by atoms with Crippen molar-refractivity contribution >= 4 is 11.6 Å². The van der Waals surface area contributed by atoms with Crippen molar-refractivity contribution < 1.29 is 4.79 Å². The zero-order valence-electron chi connectivity index (χ0n) is 5.90. The minimum absolute atomic E-state index is 0.141. The van der Waals surface area contributed by atoms with Crippen molar-refractivity contribution in [2.24, 2.45) is 0 Å². The lowest BCUT2D eigenvalue weighted by atomic mass is 10.3. The first-order chi connectivity index (χ1) is 4.66. The predicted octanol–water partition coefficient (Wildman–Crippen LogP) is 0.166. The Morgan fingerprint density at radius 2 is 2.40 bits per heavy atom. The van der Waals surface area contributed by atoms with Crippen molar-refractivity contribution in [2.75, 3.05) is 6.54 Å². The average molecular weight is 138 g/mol. The second kappa shape index (κ2) is 4.57. The summed E-state index contributed by atoms with van der Waals surface area (Å²) in [7, 11) is 0. The van der Waals surface area contributed by atoms with Crippen LogP contribution in [0.2, 0.25) is 0 Å². The fourth-order valence-corrected chi connectivity index (χ4v) is 0.453. The molecule has 0 bridgehead atoms. The van der Waals surface area contributed by atoms with Gasteiger partial charge in [-0.2, -0.15) is 0 Å².